The van der Waals surface area contributed by atoms with Gasteiger partial charge in [0.25, 0.3) is 0 Å². The fourth-order valence-corrected chi connectivity index (χ4v) is 2.07. The number of rotatable bonds is 6. The van der Waals surface area contributed by atoms with Crippen molar-refractivity contribution in [3.8, 4) is 11.5 Å². The zero-order chi connectivity index (χ0) is 12.9. The van der Waals surface area contributed by atoms with Gasteiger partial charge in [-0.05, 0) is 19.0 Å². The number of aromatic hydroxyl groups is 2. The van der Waals surface area contributed by atoms with Crippen LogP contribution >= 0.6 is 0 Å². The monoisotopic (exact) mass is 259 g/mol. The van der Waals surface area contributed by atoms with Gasteiger partial charge in [-0.25, -0.2) is 8.42 Å². The quantitative estimate of drug-likeness (QED) is 0.515. The number of phenols is 2. The van der Waals surface area contributed by atoms with Crippen molar-refractivity contribution < 1.29 is 18.6 Å². The Labute approximate surface area is 101 Å². The number of hydrogen-bond donors (Lipinski definition) is 3. The van der Waals surface area contributed by atoms with Gasteiger partial charge in [0.05, 0.1) is 5.75 Å². The zero-order valence-electron chi connectivity index (χ0n) is 9.68. The van der Waals surface area contributed by atoms with Crippen LogP contribution in [-0.2, 0) is 16.4 Å². The zero-order valence-corrected chi connectivity index (χ0v) is 10.5. The minimum absolute atomic E-state index is 0.136. The average Bonchev–Trinajstić information content (AvgIpc) is 2.22. The van der Waals surface area contributed by atoms with Crippen LogP contribution in [0.4, 0.5) is 0 Å². The SMILES string of the molecule is CS(=O)(=O)CCCNCc1cccc(O)c1O. The van der Waals surface area contributed by atoms with Crippen LogP contribution in [0.5, 0.6) is 11.5 Å². The van der Waals surface area contributed by atoms with E-state index in [1.165, 1.54) is 12.3 Å². The van der Waals surface area contributed by atoms with Gasteiger partial charge in [0.1, 0.15) is 9.84 Å². The summed E-state index contributed by atoms with van der Waals surface area (Å²) in [6, 6.07) is 4.74. The minimum atomic E-state index is -2.91. The number of benzene rings is 1. The number of nitrogens with one attached hydrogen (secondary N) is 1. The largest absolute Gasteiger partial charge is 0.504 e. The van der Waals surface area contributed by atoms with E-state index in [1.807, 2.05) is 0 Å². The van der Waals surface area contributed by atoms with Crippen LogP contribution in [0.15, 0.2) is 18.2 Å². The first-order valence-electron chi connectivity index (χ1n) is 5.28. The molecule has 17 heavy (non-hydrogen) atoms. The molecule has 0 spiro atoms. The molecule has 5 nitrogen and oxygen atoms in total. The second-order valence-corrected chi connectivity index (χ2v) is 6.20. The van der Waals surface area contributed by atoms with Gasteiger partial charge in [0.15, 0.2) is 11.5 Å². The van der Waals surface area contributed by atoms with Crippen molar-refractivity contribution in [3.63, 3.8) is 0 Å². The van der Waals surface area contributed by atoms with Gasteiger partial charge < -0.3 is 15.5 Å². The van der Waals surface area contributed by atoms with Crippen LogP contribution in [0, 0.1) is 0 Å². The summed E-state index contributed by atoms with van der Waals surface area (Å²) in [5, 5.41) is 21.8. The fourth-order valence-electron chi connectivity index (χ4n) is 1.40. The molecule has 0 saturated carbocycles. The molecule has 0 bridgehead atoms. The van der Waals surface area contributed by atoms with E-state index in [0.29, 0.717) is 25.1 Å². The third kappa shape index (κ3) is 5.06. The maximum Gasteiger partial charge on any atom is 0.161 e. The van der Waals surface area contributed by atoms with Gasteiger partial charge in [-0.1, -0.05) is 12.1 Å². The van der Waals surface area contributed by atoms with Crippen molar-refractivity contribution in [2.45, 2.75) is 13.0 Å². The highest BCUT2D eigenvalue weighted by atomic mass is 32.2. The molecule has 0 aromatic heterocycles. The van der Waals surface area contributed by atoms with Crippen molar-refractivity contribution in [2.75, 3.05) is 18.6 Å². The third-order valence-corrected chi connectivity index (χ3v) is 3.31. The summed E-state index contributed by atoms with van der Waals surface area (Å²) in [4.78, 5) is 0. The van der Waals surface area contributed by atoms with Crippen molar-refractivity contribution in [3.05, 3.63) is 23.8 Å². The number of phenolic OH excluding ortho intramolecular Hbond substituents is 2. The van der Waals surface area contributed by atoms with E-state index in [1.54, 1.807) is 12.1 Å². The highest BCUT2D eigenvalue weighted by molar-refractivity contribution is 7.90. The van der Waals surface area contributed by atoms with Gasteiger partial charge in [0.2, 0.25) is 0 Å². The van der Waals surface area contributed by atoms with E-state index in [-0.39, 0.29) is 17.3 Å². The first-order chi connectivity index (χ1) is 7.90. The Morgan fingerprint density at radius 3 is 2.65 bits per heavy atom. The Bertz CT molecular complexity index is 470. The Morgan fingerprint density at radius 1 is 1.29 bits per heavy atom. The highest BCUT2D eigenvalue weighted by Crippen LogP contribution is 2.27. The van der Waals surface area contributed by atoms with E-state index < -0.39 is 9.84 Å². The smallest absolute Gasteiger partial charge is 0.161 e. The predicted octanol–water partition coefficient (Wildman–Crippen LogP) is 0.622. The molecule has 0 aliphatic heterocycles. The predicted molar refractivity (Wildman–Crippen MR) is 65.8 cm³/mol. The first-order valence-corrected chi connectivity index (χ1v) is 7.34. The van der Waals surface area contributed by atoms with Crippen molar-refractivity contribution >= 4 is 9.84 Å². The van der Waals surface area contributed by atoms with Crippen LogP contribution in [0.25, 0.3) is 0 Å². The van der Waals surface area contributed by atoms with Crippen molar-refractivity contribution in [1.82, 2.24) is 5.32 Å². The molecule has 0 unspecified atom stereocenters. The summed E-state index contributed by atoms with van der Waals surface area (Å²) >= 11 is 0. The average molecular weight is 259 g/mol. The molecule has 96 valence electrons. The molecule has 0 radical (unpaired) electrons. The number of sulfone groups is 1. The lowest BCUT2D eigenvalue weighted by Crippen LogP contribution is -2.17. The second kappa shape index (κ2) is 5.88. The van der Waals surface area contributed by atoms with Crippen LogP contribution in [0.2, 0.25) is 0 Å². The topological polar surface area (TPSA) is 86.6 Å². The summed E-state index contributed by atoms with van der Waals surface area (Å²) in [7, 11) is -2.91. The molecule has 1 aromatic carbocycles. The second-order valence-electron chi connectivity index (χ2n) is 3.95. The third-order valence-electron chi connectivity index (χ3n) is 2.28. The fraction of sp³-hybridized carbons (Fsp3) is 0.455. The Morgan fingerprint density at radius 2 is 2.00 bits per heavy atom. The van der Waals surface area contributed by atoms with Crippen molar-refractivity contribution in [1.29, 1.82) is 0 Å². The van der Waals surface area contributed by atoms with E-state index in [9.17, 15) is 18.6 Å². The van der Waals surface area contributed by atoms with E-state index in [2.05, 4.69) is 5.32 Å². The van der Waals surface area contributed by atoms with Gasteiger partial charge in [-0.15, -0.1) is 0 Å². The lowest BCUT2D eigenvalue weighted by Gasteiger charge is -2.07. The Kier molecular flexibility index (Phi) is 4.77. The summed E-state index contributed by atoms with van der Waals surface area (Å²) in [6.45, 7) is 0.937. The summed E-state index contributed by atoms with van der Waals surface area (Å²) in [5.41, 5.74) is 0.587. The molecule has 0 atom stereocenters. The molecular weight excluding hydrogens is 242 g/mol. The first kappa shape index (κ1) is 13.8. The molecule has 0 aliphatic carbocycles. The van der Waals surface area contributed by atoms with E-state index >= 15 is 0 Å². The highest BCUT2D eigenvalue weighted by Gasteiger charge is 2.05. The normalized spacial score (nSPS) is 11.6. The lowest BCUT2D eigenvalue weighted by molar-refractivity contribution is 0.398. The molecule has 0 heterocycles. The molecule has 0 fully saturated rings. The van der Waals surface area contributed by atoms with Gasteiger partial charge in [0, 0.05) is 18.4 Å². The molecule has 3 N–H and O–H groups in total. The summed E-state index contributed by atoms with van der Waals surface area (Å²) in [5.74, 6) is -0.144. The Balaban J connectivity index is 2.34. The van der Waals surface area contributed by atoms with Crippen molar-refractivity contribution in [2.24, 2.45) is 0 Å². The summed E-state index contributed by atoms with van der Waals surface area (Å²) < 4.78 is 21.7. The molecule has 6 heteroatoms. The summed E-state index contributed by atoms with van der Waals surface area (Å²) in [6.07, 6.45) is 1.73. The van der Waals surface area contributed by atoms with Crippen LogP contribution < -0.4 is 5.32 Å². The number of para-hydroxylation sites is 1. The van der Waals surface area contributed by atoms with Gasteiger partial charge >= 0.3 is 0 Å². The number of hydrogen-bond acceptors (Lipinski definition) is 5. The standard InChI is InChI=1S/C11H17NO4S/c1-17(15,16)7-3-6-12-8-9-4-2-5-10(13)11(9)14/h2,4-5,12-14H,3,6-8H2,1H3. The molecule has 0 saturated heterocycles. The molecule has 1 rings (SSSR count). The van der Waals surface area contributed by atoms with Crippen LogP contribution in [0.3, 0.4) is 0 Å². The van der Waals surface area contributed by atoms with E-state index in [4.69, 9.17) is 0 Å². The van der Waals surface area contributed by atoms with Crippen LogP contribution in [0.1, 0.15) is 12.0 Å². The lowest BCUT2D eigenvalue weighted by atomic mass is 10.2. The molecule has 0 amide bonds. The van der Waals surface area contributed by atoms with Crippen LogP contribution in [-0.4, -0.2) is 37.2 Å². The minimum Gasteiger partial charge on any atom is -0.504 e. The maximum atomic E-state index is 10.9. The molecular formula is C11H17NO4S. The van der Waals surface area contributed by atoms with Gasteiger partial charge in [-0.2, -0.15) is 0 Å². The van der Waals surface area contributed by atoms with Gasteiger partial charge in [-0.3, -0.25) is 0 Å². The Hall–Kier alpha value is -1.27. The maximum absolute atomic E-state index is 10.9. The molecule has 1 aromatic rings. The molecule has 0 aliphatic rings. The van der Waals surface area contributed by atoms with E-state index in [0.717, 1.165) is 0 Å².